The molecule has 1 aromatic carbocycles. The van der Waals surface area contributed by atoms with Gasteiger partial charge in [0.15, 0.2) is 11.6 Å². The van der Waals surface area contributed by atoms with Crippen molar-refractivity contribution in [1.82, 2.24) is 4.90 Å². The zero-order chi connectivity index (χ0) is 13.7. The van der Waals surface area contributed by atoms with E-state index in [1.165, 1.54) is 18.1 Å². The molecule has 1 rings (SSSR count). The van der Waals surface area contributed by atoms with Gasteiger partial charge in [-0.05, 0) is 18.2 Å². The molecule has 0 spiro atoms. The molecule has 4 nitrogen and oxygen atoms in total. The molecule has 0 aliphatic carbocycles. The number of ether oxygens (including phenoxy) is 1. The molecule has 0 fully saturated rings. The van der Waals surface area contributed by atoms with E-state index in [0.29, 0.717) is 6.61 Å². The van der Waals surface area contributed by atoms with Crippen molar-refractivity contribution in [2.24, 2.45) is 5.73 Å². The Hall–Kier alpha value is -1.53. The molecular formula is C12H16F2N2O2. The highest BCUT2D eigenvalue weighted by atomic mass is 19.2. The maximum Gasteiger partial charge on any atom is 0.253 e. The van der Waals surface area contributed by atoms with Crippen molar-refractivity contribution >= 4 is 5.91 Å². The van der Waals surface area contributed by atoms with Crippen LogP contribution in [0.2, 0.25) is 0 Å². The van der Waals surface area contributed by atoms with Crippen molar-refractivity contribution in [2.45, 2.75) is 6.04 Å². The van der Waals surface area contributed by atoms with Crippen LogP contribution in [0.1, 0.15) is 10.4 Å². The normalized spacial score (nSPS) is 12.3. The molecule has 0 radical (unpaired) electrons. The summed E-state index contributed by atoms with van der Waals surface area (Å²) in [5.74, 6) is -2.44. The van der Waals surface area contributed by atoms with E-state index in [0.717, 1.165) is 12.1 Å². The molecule has 0 bridgehead atoms. The Morgan fingerprint density at radius 3 is 2.67 bits per heavy atom. The first-order valence-electron chi connectivity index (χ1n) is 5.40. The lowest BCUT2D eigenvalue weighted by Crippen LogP contribution is -2.41. The van der Waals surface area contributed by atoms with Crippen LogP contribution in [0, 0.1) is 11.6 Å². The van der Waals surface area contributed by atoms with Crippen LogP contribution in [-0.4, -0.2) is 44.2 Å². The van der Waals surface area contributed by atoms with Gasteiger partial charge in [0.1, 0.15) is 0 Å². The minimum absolute atomic E-state index is 0.0843. The lowest BCUT2D eigenvalue weighted by Gasteiger charge is -2.21. The lowest BCUT2D eigenvalue weighted by atomic mass is 10.2. The Bertz CT molecular complexity index is 427. The smallest absolute Gasteiger partial charge is 0.253 e. The van der Waals surface area contributed by atoms with Gasteiger partial charge in [0.2, 0.25) is 0 Å². The van der Waals surface area contributed by atoms with Crippen LogP contribution in [0.5, 0.6) is 0 Å². The predicted octanol–water partition coefficient (Wildman–Crippen LogP) is 1.01. The number of benzene rings is 1. The maximum atomic E-state index is 13.0. The van der Waals surface area contributed by atoms with E-state index in [4.69, 9.17) is 10.5 Å². The number of halogens is 2. The summed E-state index contributed by atoms with van der Waals surface area (Å²) in [6.45, 7) is 0.584. The Morgan fingerprint density at radius 1 is 1.44 bits per heavy atom. The third-order valence-electron chi connectivity index (χ3n) is 2.40. The van der Waals surface area contributed by atoms with E-state index in [1.807, 2.05) is 0 Å². The van der Waals surface area contributed by atoms with Gasteiger partial charge in [-0.2, -0.15) is 0 Å². The summed E-state index contributed by atoms with van der Waals surface area (Å²) in [6, 6.07) is 2.70. The fourth-order valence-corrected chi connectivity index (χ4v) is 1.55. The highest BCUT2D eigenvalue weighted by molar-refractivity contribution is 5.94. The van der Waals surface area contributed by atoms with E-state index in [2.05, 4.69) is 0 Å². The van der Waals surface area contributed by atoms with Crippen molar-refractivity contribution in [3.63, 3.8) is 0 Å². The summed E-state index contributed by atoms with van der Waals surface area (Å²) in [5.41, 5.74) is 5.79. The number of hydrogen-bond acceptors (Lipinski definition) is 3. The van der Waals surface area contributed by atoms with Gasteiger partial charge in [-0.1, -0.05) is 0 Å². The fraction of sp³-hybridized carbons (Fsp3) is 0.417. The molecule has 0 aromatic heterocycles. The van der Waals surface area contributed by atoms with Crippen LogP contribution in [0.15, 0.2) is 18.2 Å². The van der Waals surface area contributed by atoms with Crippen LogP contribution in [-0.2, 0) is 4.74 Å². The van der Waals surface area contributed by atoms with Crippen molar-refractivity contribution < 1.29 is 18.3 Å². The zero-order valence-electron chi connectivity index (χ0n) is 10.3. The Kier molecular flexibility index (Phi) is 5.18. The number of carbonyl (C=O) groups excluding carboxylic acids is 1. The van der Waals surface area contributed by atoms with Crippen molar-refractivity contribution in [2.75, 3.05) is 27.3 Å². The van der Waals surface area contributed by atoms with Crippen LogP contribution in [0.3, 0.4) is 0 Å². The Labute approximate surface area is 104 Å². The maximum absolute atomic E-state index is 13.0. The molecule has 0 aliphatic rings. The molecule has 0 heterocycles. The topological polar surface area (TPSA) is 55.6 Å². The number of carbonyl (C=O) groups is 1. The van der Waals surface area contributed by atoms with Gasteiger partial charge in [0.05, 0.1) is 6.61 Å². The highest BCUT2D eigenvalue weighted by Gasteiger charge is 2.16. The molecular weight excluding hydrogens is 242 g/mol. The van der Waals surface area contributed by atoms with Crippen molar-refractivity contribution in [3.8, 4) is 0 Å². The predicted molar refractivity (Wildman–Crippen MR) is 63.2 cm³/mol. The largest absolute Gasteiger partial charge is 0.383 e. The molecule has 100 valence electrons. The van der Waals surface area contributed by atoms with Gasteiger partial charge in [-0.25, -0.2) is 8.78 Å². The summed E-state index contributed by atoms with van der Waals surface area (Å²) in [4.78, 5) is 13.2. The Balaban J connectivity index is 2.71. The second-order valence-corrected chi connectivity index (χ2v) is 4.03. The van der Waals surface area contributed by atoms with E-state index in [-0.39, 0.29) is 18.2 Å². The monoisotopic (exact) mass is 258 g/mol. The molecule has 6 heteroatoms. The average Bonchev–Trinajstić information content (AvgIpc) is 2.32. The number of methoxy groups -OCH3 is 1. The van der Waals surface area contributed by atoms with Gasteiger partial charge in [0.25, 0.3) is 5.91 Å². The van der Waals surface area contributed by atoms with Crippen LogP contribution >= 0.6 is 0 Å². The summed E-state index contributed by atoms with van der Waals surface area (Å²) < 4.78 is 30.6. The molecule has 1 atom stereocenters. The number of likely N-dealkylation sites (N-methyl/N-ethyl adjacent to an activating group) is 1. The van der Waals surface area contributed by atoms with Crippen LogP contribution < -0.4 is 5.73 Å². The van der Waals surface area contributed by atoms with Crippen molar-refractivity contribution in [1.29, 1.82) is 0 Å². The minimum atomic E-state index is -1.05. The average molecular weight is 258 g/mol. The minimum Gasteiger partial charge on any atom is -0.383 e. The number of nitrogens with zero attached hydrogens (tertiary/aromatic N) is 1. The lowest BCUT2D eigenvalue weighted by molar-refractivity contribution is 0.0764. The molecule has 1 aromatic rings. The third kappa shape index (κ3) is 3.75. The standard InChI is InChI=1S/C12H16F2N2O2/c1-16(6-9(15)7-18-2)12(17)8-3-4-10(13)11(14)5-8/h3-5,9H,6-7,15H2,1-2H3. The molecule has 1 amide bonds. The summed E-state index contributed by atoms with van der Waals surface area (Å²) in [5, 5.41) is 0. The number of nitrogens with two attached hydrogens (primary N) is 1. The van der Waals surface area contributed by atoms with Crippen LogP contribution in [0.4, 0.5) is 8.78 Å². The number of amides is 1. The zero-order valence-corrected chi connectivity index (χ0v) is 10.3. The Morgan fingerprint density at radius 2 is 2.11 bits per heavy atom. The summed E-state index contributed by atoms with van der Waals surface area (Å²) >= 11 is 0. The third-order valence-corrected chi connectivity index (χ3v) is 2.40. The van der Waals surface area contributed by atoms with Gasteiger partial charge < -0.3 is 15.4 Å². The summed E-state index contributed by atoms with van der Waals surface area (Å²) in [6.07, 6.45) is 0. The SMILES string of the molecule is COCC(N)CN(C)C(=O)c1ccc(F)c(F)c1. The van der Waals surface area contributed by atoms with Crippen LogP contribution in [0.25, 0.3) is 0 Å². The molecule has 18 heavy (non-hydrogen) atoms. The van der Waals surface area contributed by atoms with Gasteiger partial charge in [-0.3, -0.25) is 4.79 Å². The first-order chi connectivity index (χ1) is 8.45. The van der Waals surface area contributed by atoms with Gasteiger partial charge in [-0.15, -0.1) is 0 Å². The highest BCUT2D eigenvalue weighted by Crippen LogP contribution is 2.10. The first-order valence-corrected chi connectivity index (χ1v) is 5.40. The van der Waals surface area contributed by atoms with Gasteiger partial charge in [0, 0.05) is 32.3 Å². The van der Waals surface area contributed by atoms with E-state index in [9.17, 15) is 13.6 Å². The van der Waals surface area contributed by atoms with E-state index >= 15 is 0 Å². The van der Waals surface area contributed by atoms with E-state index in [1.54, 1.807) is 7.05 Å². The quantitative estimate of drug-likeness (QED) is 0.857. The van der Waals surface area contributed by atoms with Gasteiger partial charge >= 0.3 is 0 Å². The molecule has 0 aliphatic heterocycles. The van der Waals surface area contributed by atoms with E-state index < -0.39 is 17.5 Å². The summed E-state index contributed by atoms with van der Waals surface area (Å²) in [7, 11) is 3.05. The second-order valence-electron chi connectivity index (χ2n) is 4.03. The first kappa shape index (κ1) is 14.5. The molecule has 1 unspecified atom stereocenters. The second kappa shape index (κ2) is 6.42. The molecule has 2 N–H and O–H groups in total. The molecule has 0 saturated carbocycles. The fourth-order valence-electron chi connectivity index (χ4n) is 1.55. The number of rotatable bonds is 5. The number of hydrogen-bond donors (Lipinski definition) is 1. The van der Waals surface area contributed by atoms with Crippen molar-refractivity contribution in [3.05, 3.63) is 35.4 Å². The molecule has 0 saturated heterocycles.